The minimum atomic E-state index is -5.97. The van der Waals surface area contributed by atoms with Crippen LogP contribution in [0.4, 0.5) is 24.5 Å². The average molecular weight is 627 g/mol. The number of benzene rings is 4. The van der Waals surface area contributed by atoms with Gasteiger partial charge in [-0.1, -0.05) is 24.3 Å². The number of anilines is 2. The van der Waals surface area contributed by atoms with E-state index in [4.69, 9.17) is 16.5 Å². The van der Waals surface area contributed by atoms with Crippen molar-refractivity contribution in [2.24, 2.45) is 0 Å². The molecule has 0 saturated carbocycles. The molecule has 4 aromatic carbocycles. The maximum atomic E-state index is 13.3. The van der Waals surface area contributed by atoms with Crippen LogP contribution in [0.15, 0.2) is 66.7 Å². The summed E-state index contributed by atoms with van der Waals surface area (Å²) in [6.45, 7) is 3.90. The average Bonchev–Trinajstić information content (AvgIpc) is 3.52. The number of aryl methyl sites for hydroxylation is 2. The highest BCUT2D eigenvalue weighted by Crippen LogP contribution is 2.46. The van der Waals surface area contributed by atoms with E-state index in [0.717, 1.165) is 38.2 Å². The zero-order valence-corrected chi connectivity index (χ0v) is 24.4. The second-order valence-electron chi connectivity index (χ2n) is 9.66. The van der Waals surface area contributed by atoms with E-state index in [-0.39, 0.29) is 22.5 Å². The Hall–Kier alpha value is -4.20. The van der Waals surface area contributed by atoms with E-state index in [2.05, 4.69) is 9.17 Å². The Morgan fingerprint density at radius 3 is 1.79 bits per heavy atom. The second kappa shape index (κ2) is 9.96. The molecule has 4 N–H and O–H groups in total. The third-order valence-electron chi connectivity index (χ3n) is 6.59. The van der Waals surface area contributed by atoms with Crippen LogP contribution in [0, 0.1) is 13.8 Å². The number of thiazole rings is 2. The molecule has 0 fully saturated rings. The van der Waals surface area contributed by atoms with Gasteiger partial charge in [0.25, 0.3) is 0 Å². The first kappa shape index (κ1) is 27.9. The Morgan fingerprint density at radius 1 is 0.714 bits per heavy atom. The van der Waals surface area contributed by atoms with E-state index < -0.39 is 21.4 Å². The highest BCUT2D eigenvalue weighted by Gasteiger charge is 2.48. The summed E-state index contributed by atoms with van der Waals surface area (Å²) in [6, 6.07) is 18.9. The van der Waals surface area contributed by atoms with Crippen LogP contribution in [0.1, 0.15) is 11.1 Å². The minimum Gasteiger partial charge on any atom is -0.398 e. The molecule has 0 aliphatic carbocycles. The Labute approximate surface area is 246 Å². The number of hydrogen-bond acceptors (Lipinski definition) is 9. The van der Waals surface area contributed by atoms with Crippen LogP contribution in [0.2, 0.25) is 0 Å². The lowest BCUT2D eigenvalue weighted by Crippen LogP contribution is -2.28. The number of fused-ring (bicyclic) bond motifs is 2. The van der Waals surface area contributed by atoms with Gasteiger partial charge in [0.1, 0.15) is 15.8 Å². The minimum absolute atomic E-state index is 0.145. The molecule has 13 heteroatoms. The van der Waals surface area contributed by atoms with Gasteiger partial charge < -0.3 is 15.7 Å². The van der Waals surface area contributed by atoms with E-state index in [0.29, 0.717) is 26.7 Å². The molecule has 2 heterocycles. The summed E-state index contributed by atoms with van der Waals surface area (Å²) in [7, 11) is -5.97. The summed E-state index contributed by atoms with van der Waals surface area (Å²) in [5.41, 5.74) is 12.9. The van der Waals surface area contributed by atoms with Gasteiger partial charge >= 0.3 is 15.6 Å². The van der Waals surface area contributed by atoms with Crippen molar-refractivity contribution in [1.29, 1.82) is 0 Å². The normalized spacial score (nSPS) is 12.3. The number of alkyl halides is 3. The lowest BCUT2D eigenvalue weighted by molar-refractivity contribution is -0.0500. The van der Waals surface area contributed by atoms with Crippen LogP contribution < -0.4 is 15.7 Å². The van der Waals surface area contributed by atoms with Gasteiger partial charge in [0.15, 0.2) is 0 Å². The van der Waals surface area contributed by atoms with Gasteiger partial charge in [0, 0.05) is 27.9 Å². The van der Waals surface area contributed by atoms with E-state index >= 15 is 0 Å². The quantitative estimate of drug-likeness (QED) is 0.113. The summed E-state index contributed by atoms with van der Waals surface area (Å²) in [4.78, 5) is 9.30. The SMILES string of the molecule is Cc1ccc2nc(-c3cccc(-c4cc(OS(=O)(=O)C(F)(F)F)cc(-c5nc6ccc(C)cc6s5)c4N)c3N)sc2c1. The summed E-state index contributed by atoms with van der Waals surface area (Å²) >= 11 is 2.71. The van der Waals surface area contributed by atoms with Gasteiger partial charge in [-0.25, -0.2) is 9.97 Å². The zero-order valence-electron chi connectivity index (χ0n) is 22.0. The standard InChI is InChI=1S/C29H21F3N4O3S3/c1-14-6-8-21-23(10-14)40-27(35-21)18-5-3-4-17(25(18)33)19-12-16(39-42(37,38)29(30,31)32)13-20(26(19)34)28-36-22-9-7-15(2)11-24(22)41-28/h3-13H,33-34H2,1-2H3. The third kappa shape index (κ3) is 4.93. The molecule has 0 unspecified atom stereocenters. The van der Waals surface area contributed by atoms with Gasteiger partial charge in [-0.15, -0.1) is 22.7 Å². The lowest BCUT2D eigenvalue weighted by Gasteiger charge is -2.17. The van der Waals surface area contributed by atoms with Crippen LogP contribution in [0.3, 0.4) is 0 Å². The van der Waals surface area contributed by atoms with Gasteiger partial charge in [0.2, 0.25) is 0 Å². The number of nitrogens with two attached hydrogens (primary N) is 2. The smallest absolute Gasteiger partial charge is 0.398 e. The van der Waals surface area contributed by atoms with Crippen LogP contribution in [0.25, 0.3) is 52.7 Å². The number of rotatable bonds is 5. The van der Waals surface area contributed by atoms with Crippen molar-refractivity contribution in [3.05, 3.63) is 77.9 Å². The summed E-state index contributed by atoms with van der Waals surface area (Å²) < 4.78 is 70.1. The fraction of sp³-hybridized carbons (Fsp3) is 0.103. The number of hydrogen-bond donors (Lipinski definition) is 2. The van der Waals surface area contributed by atoms with E-state index in [9.17, 15) is 21.6 Å². The van der Waals surface area contributed by atoms with Crippen molar-refractivity contribution in [2.45, 2.75) is 19.4 Å². The lowest BCUT2D eigenvalue weighted by atomic mass is 9.96. The molecule has 7 nitrogen and oxygen atoms in total. The summed E-state index contributed by atoms with van der Waals surface area (Å²) in [5.74, 6) is -0.581. The highest BCUT2D eigenvalue weighted by atomic mass is 32.2. The zero-order chi connectivity index (χ0) is 30.0. The first-order valence-electron chi connectivity index (χ1n) is 12.4. The molecule has 0 bridgehead atoms. The topological polar surface area (TPSA) is 121 Å². The van der Waals surface area contributed by atoms with Crippen LogP contribution >= 0.6 is 22.7 Å². The van der Waals surface area contributed by atoms with Crippen molar-refractivity contribution in [3.8, 4) is 38.0 Å². The van der Waals surface area contributed by atoms with E-state index in [1.165, 1.54) is 22.7 Å². The molecule has 0 aliphatic heterocycles. The predicted octanol–water partition coefficient (Wildman–Crippen LogP) is 7.92. The molecule has 0 radical (unpaired) electrons. The first-order chi connectivity index (χ1) is 19.8. The molecule has 6 aromatic rings. The van der Waals surface area contributed by atoms with Crippen molar-refractivity contribution >= 4 is 64.6 Å². The molecule has 2 aromatic heterocycles. The fourth-order valence-corrected chi connectivity index (χ4v) is 7.17. The number of halogens is 3. The van der Waals surface area contributed by atoms with Gasteiger partial charge in [0.05, 0.1) is 26.1 Å². The van der Waals surface area contributed by atoms with Crippen molar-refractivity contribution < 1.29 is 25.8 Å². The van der Waals surface area contributed by atoms with Gasteiger partial charge in [-0.2, -0.15) is 21.6 Å². The van der Waals surface area contributed by atoms with Crippen molar-refractivity contribution in [2.75, 3.05) is 11.5 Å². The molecule has 0 saturated heterocycles. The van der Waals surface area contributed by atoms with Gasteiger partial charge in [-0.05, 0) is 67.4 Å². The van der Waals surface area contributed by atoms with E-state index in [1.54, 1.807) is 18.2 Å². The Kier molecular flexibility index (Phi) is 6.63. The second-order valence-corrected chi connectivity index (χ2v) is 13.3. The number of para-hydroxylation sites is 1. The molecule has 214 valence electrons. The predicted molar refractivity (Wildman–Crippen MR) is 163 cm³/mol. The molecule has 0 spiro atoms. The van der Waals surface area contributed by atoms with Crippen LogP contribution in [-0.4, -0.2) is 23.9 Å². The molecule has 42 heavy (non-hydrogen) atoms. The molecular weight excluding hydrogens is 606 g/mol. The third-order valence-corrected chi connectivity index (χ3v) is 9.67. The largest absolute Gasteiger partial charge is 0.534 e. The Bertz CT molecular complexity index is 2140. The molecule has 0 aliphatic rings. The first-order valence-corrected chi connectivity index (χ1v) is 15.4. The van der Waals surface area contributed by atoms with Crippen molar-refractivity contribution in [3.63, 3.8) is 0 Å². The maximum Gasteiger partial charge on any atom is 0.534 e. The van der Waals surface area contributed by atoms with Crippen LogP contribution in [-0.2, 0) is 10.1 Å². The molecular formula is C29H21F3N4O3S3. The molecule has 0 atom stereocenters. The van der Waals surface area contributed by atoms with Crippen molar-refractivity contribution in [1.82, 2.24) is 9.97 Å². The van der Waals surface area contributed by atoms with E-state index in [1.807, 2.05) is 50.2 Å². The van der Waals surface area contributed by atoms with Crippen LogP contribution in [0.5, 0.6) is 5.75 Å². The summed E-state index contributed by atoms with van der Waals surface area (Å²) in [6.07, 6.45) is 0. The molecule has 0 amide bonds. The number of nitrogens with zero attached hydrogens (tertiary/aromatic N) is 2. The Balaban J connectivity index is 1.55. The Morgan fingerprint density at radius 2 is 1.21 bits per heavy atom. The van der Waals surface area contributed by atoms with Gasteiger partial charge in [-0.3, -0.25) is 0 Å². The number of nitrogen functional groups attached to an aromatic ring is 2. The maximum absolute atomic E-state index is 13.3. The summed E-state index contributed by atoms with van der Waals surface area (Å²) in [5, 5.41) is 1.02. The molecule has 6 rings (SSSR count). The number of aromatic nitrogens is 2. The monoisotopic (exact) mass is 626 g/mol. The fourth-order valence-electron chi connectivity index (χ4n) is 4.53. The highest BCUT2D eigenvalue weighted by molar-refractivity contribution is 7.88.